The molecule has 1 unspecified atom stereocenters. The maximum atomic E-state index is 12.1. The minimum absolute atomic E-state index is 0.00349. The molecule has 0 spiro atoms. The number of ether oxygens (including phenoxy) is 1. The zero-order valence-electron chi connectivity index (χ0n) is 10.9. The van der Waals surface area contributed by atoms with Crippen LogP contribution < -0.4 is 0 Å². The van der Waals surface area contributed by atoms with Gasteiger partial charge in [0, 0.05) is 5.92 Å². The second-order valence-corrected chi connectivity index (χ2v) is 5.01. The molecule has 0 aliphatic carbocycles. The number of nitrogens with zero attached hydrogens (tertiary/aromatic N) is 1. The van der Waals surface area contributed by atoms with Gasteiger partial charge in [0.2, 0.25) is 5.91 Å². The van der Waals surface area contributed by atoms with Crippen LogP contribution in [0.25, 0.3) is 0 Å². The third kappa shape index (κ3) is 1.87. The summed E-state index contributed by atoms with van der Waals surface area (Å²) in [6, 6.07) is -1.57. The van der Waals surface area contributed by atoms with Crippen molar-refractivity contribution in [2.45, 2.75) is 32.0 Å². The molecular formula is C13H17NO5. The molecule has 0 saturated carbocycles. The summed E-state index contributed by atoms with van der Waals surface area (Å²) in [7, 11) is 0. The molecule has 2 heterocycles. The fourth-order valence-electron chi connectivity index (χ4n) is 2.90. The number of ketones is 1. The Bertz CT molecular complexity index is 444. The molecule has 19 heavy (non-hydrogen) atoms. The van der Waals surface area contributed by atoms with Crippen molar-refractivity contribution in [3.8, 4) is 0 Å². The molecule has 2 fully saturated rings. The van der Waals surface area contributed by atoms with E-state index in [2.05, 4.69) is 6.58 Å². The molecule has 6 heteroatoms. The summed E-state index contributed by atoms with van der Waals surface area (Å²) in [6.07, 6.45) is 0.571. The lowest BCUT2D eigenvalue weighted by Gasteiger charge is -2.46. The molecule has 6 nitrogen and oxygen atoms in total. The van der Waals surface area contributed by atoms with Crippen LogP contribution in [-0.4, -0.2) is 52.5 Å². The van der Waals surface area contributed by atoms with E-state index in [4.69, 9.17) is 4.74 Å². The summed E-state index contributed by atoms with van der Waals surface area (Å²) >= 11 is 0. The highest BCUT2D eigenvalue weighted by atomic mass is 16.5. The van der Waals surface area contributed by atoms with Gasteiger partial charge < -0.3 is 14.7 Å². The van der Waals surface area contributed by atoms with E-state index < -0.39 is 36.0 Å². The van der Waals surface area contributed by atoms with Gasteiger partial charge in [0.15, 0.2) is 11.8 Å². The van der Waals surface area contributed by atoms with Crippen molar-refractivity contribution in [3.05, 3.63) is 12.7 Å². The number of esters is 1. The van der Waals surface area contributed by atoms with E-state index in [1.54, 1.807) is 6.92 Å². The Morgan fingerprint density at radius 2 is 2.21 bits per heavy atom. The molecule has 2 saturated heterocycles. The summed E-state index contributed by atoms with van der Waals surface area (Å²) < 4.78 is 4.86. The van der Waals surface area contributed by atoms with E-state index >= 15 is 0 Å². The first-order valence-corrected chi connectivity index (χ1v) is 6.23. The average molecular weight is 267 g/mol. The van der Waals surface area contributed by atoms with E-state index in [1.165, 1.54) is 17.9 Å². The molecule has 104 valence electrons. The number of Topliss-reactive ketones (excluding diaryl/α,β-unsaturated/α-hetero) is 1. The number of carbonyl (C=O) groups excluding carboxylic acids is 3. The van der Waals surface area contributed by atoms with Gasteiger partial charge in [0.1, 0.15) is 6.61 Å². The largest absolute Gasteiger partial charge is 0.460 e. The first kappa shape index (κ1) is 13.7. The molecular weight excluding hydrogens is 250 g/mol. The SMILES string of the molecule is C=CCOC(=O)C1C(=O)[C@H](C)[C@@H]2[C@@H]([C@@H](C)O)C(=O)N12. The molecule has 0 aromatic rings. The van der Waals surface area contributed by atoms with Crippen molar-refractivity contribution < 1.29 is 24.2 Å². The summed E-state index contributed by atoms with van der Waals surface area (Å²) in [5, 5.41) is 9.57. The lowest BCUT2D eigenvalue weighted by Crippen LogP contribution is -2.65. The number of hydrogen-bond donors (Lipinski definition) is 1. The van der Waals surface area contributed by atoms with Gasteiger partial charge in [-0.2, -0.15) is 0 Å². The van der Waals surface area contributed by atoms with Crippen LogP contribution in [0.5, 0.6) is 0 Å². The summed E-state index contributed by atoms with van der Waals surface area (Å²) in [4.78, 5) is 37.1. The van der Waals surface area contributed by atoms with Crippen molar-refractivity contribution >= 4 is 17.7 Å². The molecule has 0 bridgehead atoms. The fraction of sp³-hybridized carbons (Fsp3) is 0.615. The second-order valence-electron chi connectivity index (χ2n) is 5.01. The lowest BCUT2D eigenvalue weighted by molar-refractivity contribution is -0.172. The van der Waals surface area contributed by atoms with Crippen LogP contribution >= 0.6 is 0 Å². The zero-order valence-corrected chi connectivity index (χ0v) is 10.9. The number of hydrogen-bond acceptors (Lipinski definition) is 5. The lowest BCUT2D eigenvalue weighted by atomic mass is 9.79. The highest BCUT2D eigenvalue weighted by Gasteiger charge is 2.64. The van der Waals surface area contributed by atoms with Gasteiger partial charge in [-0.3, -0.25) is 9.59 Å². The standard InChI is InChI=1S/C13H17NO5/c1-4-5-19-13(18)10-11(16)6(2)9-8(7(3)15)12(17)14(9)10/h4,6-10,15H,1,5H2,2-3H3/t6-,7-,8-,9-,10?/m1/s1. The van der Waals surface area contributed by atoms with E-state index in [-0.39, 0.29) is 18.3 Å². The number of rotatable bonds is 4. The third-order valence-electron chi connectivity index (χ3n) is 3.82. The minimum Gasteiger partial charge on any atom is -0.460 e. The van der Waals surface area contributed by atoms with Gasteiger partial charge in [0.05, 0.1) is 18.1 Å². The van der Waals surface area contributed by atoms with Crippen LogP contribution in [-0.2, 0) is 19.1 Å². The van der Waals surface area contributed by atoms with Gasteiger partial charge in [-0.25, -0.2) is 4.79 Å². The molecule has 0 aromatic heterocycles. The van der Waals surface area contributed by atoms with Crippen molar-refractivity contribution in [2.24, 2.45) is 11.8 Å². The van der Waals surface area contributed by atoms with E-state index in [9.17, 15) is 19.5 Å². The van der Waals surface area contributed by atoms with Gasteiger partial charge >= 0.3 is 5.97 Å². The maximum absolute atomic E-state index is 12.1. The Hall–Kier alpha value is -1.69. The number of amides is 1. The minimum atomic E-state index is -1.16. The molecule has 2 aliphatic heterocycles. The Labute approximate surface area is 111 Å². The van der Waals surface area contributed by atoms with E-state index in [0.29, 0.717) is 0 Å². The van der Waals surface area contributed by atoms with Gasteiger partial charge in [-0.1, -0.05) is 19.6 Å². The topological polar surface area (TPSA) is 83.9 Å². The van der Waals surface area contributed by atoms with Crippen molar-refractivity contribution in [2.75, 3.05) is 6.61 Å². The second kappa shape index (κ2) is 4.77. The normalized spacial score (nSPS) is 34.6. The quantitative estimate of drug-likeness (QED) is 0.321. The fourth-order valence-corrected chi connectivity index (χ4v) is 2.90. The van der Waals surface area contributed by atoms with Gasteiger partial charge in [-0.05, 0) is 6.92 Å². The number of carbonyl (C=O) groups is 3. The Morgan fingerprint density at radius 3 is 2.74 bits per heavy atom. The number of fused-ring (bicyclic) bond motifs is 1. The van der Waals surface area contributed by atoms with E-state index in [1.807, 2.05) is 0 Å². The number of aliphatic hydroxyl groups excluding tert-OH is 1. The Morgan fingerprint density at radius 1 is 1.58 bits per heavy atom. The average Bonchev–Trinajstić information content (AvgIpc) is 2.57. The smallest absolute Gasteiger partial charge is 0.337 e. The van der Waals surface area contributed by atoms with Crippen LogP contribution in [0.2, 0.25) is 0 Å². The highest BCUT2D eigenvalue weighted by Crippen LogP contribution is 2.43. The summed E-state index contributed by atoms with van der Waals surface area (Å²) in [6.45, 7) is 6.60. The van der Waals surface area contributed by atoms with Crippen molar-refractivity contribution in [1.29, 1.82) is 0 Å². The first-order chi connectivity index (χ1) is 8.91. The van der Waals surface area contributed by atoms with Crippen molar-refractivity contribution in [1.82, 2.24) is 4.90 Å². The predicted octanol–water partition coefficient (Wildman–Crippen LogP) is -0.489. The van der Waals surface area contributed by atoms with E-state index in [0.717, 1.165) is 0 Å². The zero-order chi connectivity index (χ0) is 14.3. The molecule has 2 aliphatic rings. The van der Waals surface area contributed by atoms with Crippen molar-refractivity contribution in [3.63, 3.8) is 0 Å². The number of aliphatic hydroxyl groups is 1. The molecule has 5 atom stereocenters. The third-order valence-corrected chi connectivity index (χ3v) is 3.82. The van der Waals surface area contributed by atoms with Gasteiger partial charge in [0.25, 0.3) is 0 Å². The van der Waals surface area contributed by atoms with Crippen LogP contribution in [0.15, 0.2) is 12.7 Å². The number of β-lactam (4-membered cyclic amide) rings is 1. The van der Waals surface area contributed by atoms with Gasteiger partial charge in [-0.15, -0.1) is 0 Å². The Kier molecular flexibility index (Phi) is 3.45. The monoisotopic (exact) mass is 267 g/mol. The summed E-state index contributed by atoms with van der Waals surface area (Å²) in [5.74, 6) is -2.47. The molecule has 0 radical (unpaired) electrons. The van der Waals surface area contributed by atoms with Crippen LogP contribution in [0.3, 0.4) is 0 Å². The molecule has 1 amide bonds. The highest BCUT2D eigenvalue weighted by molar-refractivity contribution is 6.12. The predicted molar refractivity (Wildman–Crippen MR) is 64.9 cm³/mol. The first-order valence-electron chi connectivity index (χ1n) is 6.23. The maximum Gasteiger partial charge on any atom is 0.337 e. The molecule has 0 aromatic carbocycles. The molecule has 2 rings (SSSR count). The van der Waals surface area contributed by atoms with Crippen LogP contribution in [0.4, 0.5) is 0 Å². The summed E-state index contributed by atoms with van der Waals surface area (Å²) in [5.41, 5.74) is 0. The Balaban J connectivity index is 2.20. The molecule has 1 N–H and O–H groups in total. The van der Waals surface area contributed by atoms with Crippen LogP contribution in [0.1, 0.15) is 13.8 Å². The van der Waals surface area contributed by atoms with Crippen LogP contribution in [0, 0.1) is 11.8 Å².